The first kappa shape index (κ1) is 15.2. The number of hydrogen-bond acceptors (Lipinski definition) is 4. The van der Waals surface area contributed by atoms with E-state index in [1.165, 1.54) is 12.3 Å². The molecule has 6 nitrogen and oxygen atoms in total. The number of halogens is 1. The zero-order chi connectivity index (χ0) is 15.4. The fourth-order valence-corrected chi connectivity index (χ4v) is 1.86. The molecule has 2 aromatic rings. The third-order valence-corrected chi connectivity index (χ3v) is 3.00. The van der Waals surface area contributed by atoms with Gasteiger partial charge >= 0.3 is 5.97 Å². The molecule has 1 aromatic carbocycles. The summed E-state index contributed by atoms with van der Waals surface area (Å²) in [6, 6.07) is 7.81. The Morgan fingerprint density at radius 3 is 2.86 bits per heavy atom. The molecular formula is C13H10ClN3O3S. The summed E-state index contributed by atoms with van der Waals surface area (Å²) in [7, 11) is 0. The first-order valence-electron chi connectivity index (χ1n) is 5.69. The molecule has 21 heavy (non-hydrogen) atoms. The zero-order valence-electron chi connectivity index (χ0n) is 10.5. The maximum Gasteiger partial charge on any atom is 0.336 e. The van der Waals surface area contributed by atoms with Gasteiger partial charge in [0.25, 0.3) is 0 Å². The summed E-state index contributed by atoms with van der Waals surface area (Å²) < 4.78 is 5.51. The van der Waals surface area contributed by atoms with Crippen LogP contribution in [0, 0.1) is 0 Å². The summed E-state index contributed by atoms with van der Waals surface area (Å²) in [4.78, 5) is 15.1. The Labute approximate surface area is 130 Å². The molecule has 1 aromatic heterocycles. The van der Waals surface area contributed by atoms with E-state index in [1.807, 2.05) is 0 Å². The maximum absolute atomic E-state index is 11.2. The van der Waals surface area contributed by atoms with E-state index in [-0.39, 0.29) is 10.7 Å². The Morgan fingerprint density at radius 2 is 2.19 bits per heavy atom. The lowest BCUT2D eigenvalue weighted by atomic mass is 10.1. The molecule has 0 saturated carbocycles. The second kappa shape index (κ2) is 6.49. The van der Waals surface area contributed by atoms with E-state index in [1.54, 1.807) is 24.3 Å². The number of carbonyl (C=O) groups is 1. The molecule has 0 saturated heterocycles. The van der Waals surface area contributed by atoms with Crippen LogP contribution in [0.3, 0.4) is 0 Å². The number of furan rings is 1. The van der Waals surface area contributed by atoms with Crippen molar-refractivity contribution < 1.29 is 14.3 Å². The number of hydrazine groups is 1. The molecule has 0 atom stereocenters. The SMILES string of the molecule is NNC(=S)N=Cc1ccc(-c2ccc(Cl)cc2C(=O)O)o1. The molecule has 0 unspecified atom stereocenters. The molecule has 8 heteroatoms. The first-order chi connectivity index (χ1) is 10.0. The van der Waals surface area contributed by atoms with Crippen molar-refractivity contribution in [1.82, 2.24) is 5.43 Å². The molecule has 1 heterocycles. The number of aromatic carboxylic acids is 1. The van der Waals surface area contributed by atoms with Gasteiger partial charge in [0.2, 0.25) is 5.11 Å². The van der Waals surface area contributed by atoms with E-state index < -0.39 is 5.97 Å². The smallest absolute Gasteiger partial charge is 0.336 e. The third kappa shape index (κ3) is 3.66. The van der Waals surface area contributed by atoms with Crippen LogP contribution in [0.2, 0.25) is 5.02 Å². The van der Waals surface area contributed by atoms with Crippen molar-refractivity contribution in [2.75, 3.05) is 0 Å². The van der Waals surface area contributed by atoms with Crippen LogP contribution in [0.15, 0.2) is 39.7 Å². The monoisotopic (exact) mass is 323 g/mol. The number of nitrogens with two attached hydrogens (primary N) is 1. The number of thiocarbonyl (C=S) groups is 1. The van der Waals surface area contributed by atoms with E-state index >= 15 is 0 Å². The Morgan fingerprint density at radius 1 is 1.43 bits per heavy atom. The van der Waals surface area contributed by atoms with Gasteiger partial charge in [-0.2, -0.15) is 0 Å². The van der Waals surface area contributed by atoms with Crippen molar-refractivity contribution in [3.63, 3.8) is 0 Å². The highest BCUT2D eigenvalue weighted by Gasteiger charge is 2.15. The first-order valence-corrected chi connectivity index (χ1v) is 6.47. The molecule has 0 radical (unpaired) electrons. The lowest BCUT2D eigenvalue weighted by molar-refractivity contribution is 0.0697. The van der Waals surface area contributed by atoms with Gasteiger partial charge in [-0.3, -0.25) is 5.43 Å². The Balaban J connectivity index is 2.36. The quantitative estimate of drug-likeness (QED) is 0.347. The van der Waals surface area contributed by atoms with Gasteiger partial charge in [0.15, 0.2) is 0 Å². The van der Waals surface area contributed by atoms with Crippen LogP contribution in [0.25, 0.3) is 11.3 Å². The average Bonchev–Trinajstić information content (AvgIpc) is 2.93. The molecule has 0 amide bonds. The summed E-state index contributed by atoms with van der Waals surface area (Å²) >= 11 is 10.6. The van der Waals surface area contributed by atoms with Crippen molar-refractivity contribution in [1.29, 1.82) is 0 Å². The molecule has 108 valence electrons. The van der Waals surface area contributed by atoms with Crippen LogP contribution in [-0.2, 0) is 0 Å². The highest BCUT2D eigenvalue weighted by molar-refractivity contribution is 7.80. The van der Waals surface area contributed by atoms with Crippen molar-refractivity contribution in [2.24, 2.45) is 10.8 Å². The van der Waals surface area contributed by atoms with Gasteiger partial charge in [-0.05, 0) is 42.5 Å². The predicted octanol–water partition coefficient (Wildman–Crippen LogP) is 2.47. The van der Waals surface area contributed by atoms with E-state index in [4.69, 9.17) is 34.1 Å². The van der Waals surface area contributed by atoms with Crippen LogP contribution < -0.4 is 11.3 Å². The summed E-state index contributed by atoms with van der Waals surface area (Å²) in [5.74, 6) is 4.79. The Kier molecular flexibility index (Phi) is 4.69. The lowest BCUT2D eigenvalue weighted by Gasteiger charge is -2.03. The number of carboxylic acids is 1. The van der Waals surface area contributed by atoms with Gasteiger partial charge in [-0.15, -0.1) is 0 Å². The minimum Gasteiger partial charge on any atom is -0.478 e. The number of nitrogens with zero attached hydrogens (tertiary/aromatic N) is 1. The zero-order valence-corrected chi connectivity index (χ0v) is 12.1. The van der Waals surface area contributed by atoms with E-state index in [9.17, 15) is 9.90 Å². The number of benzene rings is 1. The molecule has 0 fully saturated rings. The second-order valence-corrected chi connectivity index (χ2v) is 4.73. The molecule has 4 N–H and O–H groups in total. The van der Waals surface area contributed by atoms with Gasteiger partial charge in [-0.25, -0.2) is 15.6 Å². The summed E-state index contributed by atoms with van der Waals surface area (Å²) in [5, 5.41) is 9.64. The maximum atomic E-state index is 11.2. The third-order valence-electron chi connectivity index (χ3n) is 2.54. The average molecular weight is 324 g/mol. The van der Waals surface area contributed by atoms with Crippen molar-refractivity contribution in [3.8, 4) is 11.3 Å². The summed E-state index contributed by atoms with van der Waals surface area (Å²) in [6.07, 6.45) is 1.38. The molecule has 0 bridgehead atoms. The highest BCUT2D eigenvalue weighted by atomic mass is 35.5. The molecule has 0 aliphatic heterocycles. The standard InChI is InChI=1S/C13H10ClN3O3S/c14-7-1-3-9(10(5-7)12(18)19)11-4-2-8(20-11)6-16-13(21)17-15/h1-6H,15H2,(H,17,21)(H,18,19). The van der Waals surface area contributed by atoms with Crippen LogP contribution in [0.5, 0.6) is 0 Å². The largest absolute Gasteiger partial charge is 0.478 e. The Bertz CT molecular complexity index is 727. The van der Waals surface area contributed by atoms with Gasteiger partial charge < -0.3 is 9.52 Å². The minimum atomic E-state index is -1.09. The van der Waals surface area contributed by atoms with Crippen molar-refractivity contribution in [3.05, 3.63) is 46.7 Å². The Hall–Kier alpha value is -2.22. The predicted molar refractivity (Wildman–Crippen MR) is 83.6 cm³/mol. The van der Waals surface area contributed by atoms with Gasteiger partial charge in [0.1, 0.15) is 11.5 Å². The van der Waals surface area contributed by atoms with Crippen LogP contribution in [0.1, 0.15) is 16.1 Å². The normalized spacial score (nSPS) is 10.8. The number of hydrogen-bond donors (Lipinski definition) is 3. The molecular weight excluding hydrogens is 314 g/mol. The fourth-order valence-electron chi connectivity index (χ4n) is 1.63. The second-order valence-electron chi connectivity index (χ2n) is 3.90. The van der Waals surface area contributed by atoms with Crippen molar-refractivity contribution >= 4 is 41.1 Å². The number of aliphatic imine (C=N–C) groups is 1. The minimum absolute atomic E-state index is 0.0551. The van der Waals surface area contributed by atoms with E-state index in [2.05, 4.69) is 10.4 Å². The highest BCUT2D eigenvalue weighted by Crippen LogP contribution is 2.28. The number of nitrogens with one attached hydrogen (secondary N) is 1. The lowest BCUT2D eigenvalue weighted by Crippen LogP contribution is -2.26. The molecule has 2 rings (SSSR count). The van der Waals surface area contributed by atoms with Gasteiger partial charge in [-0.1, -0.05) is 11.6 Å². The van der Waals surface area contributed by atoms with Crippen molar-refractivity contribution in [2.45, 2.75) is 0 Å². The summed E-state index contributed by atoms with van der Waals surface area (Å²) in [5.41, 5.74) is 2.68. The van der Waals surface area contributed by atoms with Crippen LogP contribution in [0.4, 0.5) is 0 Å². The fraction of sp³-hybridized carbons (Fsp3) is 0. The molecule has 0 spiro atoms. The van der Waals surface area contributed by atoms with Gasteiger partial charge in [0, 0.05) is 10.6 Å². The topological polar surface area (TPSA) is 101 Å². The number of rotatable bonds is 3. The van der Waals surface area contributed by atoms with Crippen LogP contribution in [-0.4, -0.2) is 22.4 Å². The molecule has 0 aliphatic rings. The van der Waals surface area contributed by atoms with Crippen LogP contribution >= 0.6 is 23.8 Å². The number of carboxylic acid groups (broad SMARTS) is 1. The summed E-state index contributed by atoms with van der Waals surface area (Å²) in [6.45, 7) is 0. The van der Waals surface area contributed by atoms with E-state index in [0.29, 0.717) is 22.1 Å². The van der Waals surface area contributed by atoms with Gasteiger partial charge in [0.05, 0.1) is 11.8 Å². The molecule has 0 aliphatic carbocycles. The van der Waals surface area contributed by atoms with E-state index in [0.717, 1.165) is 0 Å².